The maximum Gasteiger partial charge on any atom is 0.296 e. The molecule has 0 aliphatic heterocycles. The number of amides is 2. The average Bonchev–Trinajstić information content (AvgIpc) is 2.40. The predicted octanol–water partition coefficient (Wildman–Crippen LogP) is 0.880. The normalized spacial score (nSPS) is 9.70. The molecule has 0 radical (unpaired) electrons. The van der Waals surface area contributed by atoms with Crippen LogP contribution in [0.5, 0.6) is 0 Å². The van der Waals surface area contributed by atoms with Crippen LogP contribution < -0.4 is 0 Å². The smallest absolute Gasteiger partial charge is 0.296 e. The van der Waals surface area contributed by atoms with Gasteiger partial charge in [-0.25, -0.2) is 0 Å². The van der Waals surface area contributed by atoms with Crippen LogP contribution in [-0.2, 0) is 9.63 Å². The van der Waals surface area contributed by atoms with E-state index in [2.05, 4.69) is 4.84 Å². The van der Waals surface area contributed by atoms with E-state index in [9.17, 15) is 24.5 Å². The Balaban J connectivity index is 3.06. The lowest BCUT2D eigenvalue weighted by atomic mass is 10.00. The van der Waals surface area contributed by atoms with Crippen LogP contribution in [0.25, 0.3) is 0 Å². The second-order valence-electron chi connectivity index (χ2n) is 4.00. The second-order valence-corrected chi connectivity index (χ2v) is 4.00. The summed E-state index contributed by atoms with van der Waals surface area (Å²) >= 11 is 0. The minimum Gasteiger partial charge on any atom is -0.298 e. The first-order valence-corrected chi connectivity index (χ1v) is 5.50. The van der Waals surface area contributed by atoms with Crippen molar-refractivity contribution in [3.8, 4) is 0 Å². The number of aldehydes is 1. The highest BCUT2D eigenvalue weighted by molar-refractivity contribution is 6.01. The van der Waals surface area contributed by atoms with Crippen molar-refractivity contribution in [3.63, 3.8) is 0 Å². The molecule has 0 saturated heterocycles. The van der Waals surface area contributed by atoms with Crippen LogP contribution in [0.2, 0.25) is 0 Å². The maximum atomic E-state index is 12.1. The van der Waals surface area contributed by atoms with Gasteiger partial charge in [0.25, 0.3) is 11.0 Å². The van der Waals surface area contributed by atoms with Crippen LogP contribution in [0.15, 0.2) is 12.1 Å². The largest absolute Gasteiger partial charge is 0.298 e. The fourth-order valence-electron chi connectivity index (χ4n) is 1.60. The summed E-state index contributed by atoms with van der Waals surface area (Å²) in [6.45, 7) is 2.44. The molecule has 106 valence electrons. The van der Waals surface area contributed by atoms with Gasteiger partial charge in [0.1, 0.15) is 6.29 Å². The summed E-state index contributed by atoms with van der Waals surface area (Å²) in [6.07, 6.45) is 0.804. The van der Waals surface area contributed by atoms with Crippen molar-refractivity contribution in [2.75, 3.05) is 6.73 Å². The molecule has 0 unspecified atom stereocenters. The molecule has 1 aromatic carbocycles. The van der Waals surface area contributed by atoms with Gasteiger partial charge < -0.3 is 0 Å². The first-order valence-electron chi connectivity index (χ1n) is 5.50. The highest BCUT2D eigenvalue weighted by Gasteiger charge is 2.19. The number of carbonyl (C=O) groups is 3. The van der Waals surface area contributed by atoms with E-state index in [1.165, 1.54) is 12.1 Å². The summed E-state index contributed by atoms with van der Waals surface area (Å²) < 4.78 is 0. The van der Waals surface area contributed by atoms with Crippen molar-refractivity contribution in [1.29, 1.82) is 0 Å². The molecule has 0 N–H and O–H groups in total. The minimum atomic E-state index is -1.10. The molecule has 2 amide bonds. The lowest BCUT2D eigenvalue weighted by Gasteiger charge is -2.16. The third-order valence-electron chi connectivity index (χ3n) is 2.66. The first kappa shape index (κ1) is 15.3. The topological polar surface area (TPSA) is 107 Å². The van der Waals surface area contributed by atoms with Gasteiger partial charge in [0.2, 0.25) is 6.41 Å². The molecule has 8 heteroatoms. The van der Waals surface area contributed by atoms with E-state index in [0.29, 0.717) is 27.9 Å². The molecule has 1 aromatic rings. The number of hydrogen-bond acceptors (Lipinski definition) is 6. The van der Waals surface area contributed by atoms with Crippen molar-refractivity contribution in [2.24, 2.45) is 0 Å². The van der Waals surface area contributed by atoms with Gasteiger partial charge in [-0.1, -0.05) is 0 Å². The molecule has 0 fully saturated rings. The highest BCUT2D eigenvalue weighted by atomic mass is 17.0. The van der Waals surface area contributed by atoms with E-state index in [1.807, 2.05) is 0 Å². The minimum absolute atomic E-state index is 0.147. The van der Waals surface area contributed by atoms with Crippen molar-refractivity contribution in [1.82, 2.24) is 4.90 Å². The van der Waals surface area contributed by atoms with Crippen LogP contribution in [0.4, 0.5) is 0 Å². The number of carbonyl (C=O) groups excluding carboxylic acids is 3. The van der Waals surface area contributed by atoms with Gasteiger partial charge >= 0.3 is 0 Å². The molecule has 0 bridgehead atoms. The molecule has 0 aromatic heterocycles. The first-order chi connectivity index (χ1) is 9.40. The van der Waals surface area contributed by atoms with Crippen molar-refractivity contribution in [3.05, 3.63) is 44.5 Å². The zero-order valence-corrected chi connectivity index (χ0v) is 10.9. The monoisotopic (exact) mass is 280 g/mol. The number of benzene rings is 1. The number of aryl methyl sites for hydroxylation is 2. The molecule has 0 spiro atoms. The van der Waals surface area contributed by atoms with Gasteiger partial charge in [-0.05, 0) is 37.1 Å². The van der Waals surface area contributed by atoms with Crippen LogP contribution >= 0.6 is 0 Å². The van der Waals surface area contributed by atoms with Crippen molar-refractivity contribution >= 4 is 18.6 Å². The Morgan fingerprint density at radius 1 is 1.35 bits per heavy atom. The molecule has 1 rings (SSSR count). The number of imide groups is 1. The summed E-state index contributed by atoms with van der Waals surface area (Å²) in [5.41, 5.74) is 1.65. The Morgan fingerprint density at radius 3 is 2.50 bits per heavy atom. The molecule has 8 nitrogen and oxygen atoms in total. The molecule has 0 saturated carbocycles. The summed E-state index contributed by atoms with van der Waals surface area (Å²) in [4.78, 5) is 48.2. The van der Waals surface area contributed by atoms with Crippen LogP contribution in [0.3, 0.4) is 0 Å². The van der Waals surface area contributed by atoms with Crippen LogP contribution in [0.1, 0.15) is 31.8 Å². The van der Waals surface area contributed by atoms with Crippen LogP contribution in [-0.4, -0.2) is 35.3 Å². The SMILES string of the molecule is Cc1cc(C(=O)N(C=O)CO[N+](=O)[O-])c(C)cc1C=O. The van der Waals surface area contributed by atoms with E-state index in [-0.39, 0.29) is 12.0 Å². The molecule has 20 heavy (non-hydrogen) atoms. The number of hydrogen-bond donors (Lipinski definition) is 0. The molecule has 0 aliphatic carbocycles. The standard InChI is InChI=1S/C12H12N2O6/c1-8-4-11(9(2)3-10(8)5-15)12(17)13(6-16)7-20-14(18)19/h3-6H,7H2,1-2H3. The third kappa shape index (κ3) is 3.37. The fourth-order valence-corrected chi connectivity index (χ4v) is 1.60. The fraction of sp³-hybridized carbons (Fsp3) is 0.250. The van der Waals surface area contributed by atoms with Gasteiger partial charge in [0, 0.05) is 11.1 Å². The Bertz CT molecular complexity index is 569. The molecular weight excluding hydrogens is 268 g/mol. The Labute approximate surface area is 114 Å². The van der Waals surface area contributed by atoms with Gasteiger partial charge in [-0.3, -0.25) is 24.1 Å². The highest BCUT2D eigenvalue weighted by Crippen LogP contribution is 2.16. The maximum absolute atomic E-state index is 12.1. The van der Waals surface area contributed by atoms with Gasteiger partial charge in [0.15, 0.2) is 6.73 Å². The predicted molar refractivity (Wildman–Crippen MR) is 66.5 cm³/mol. The number of rotatable bonds is 6. The molecular formula is C12H12N2O6. The van der Waals surface area contributed by atoms with E-state index >= 15 is 0 Å². The van der Waals surface area contributed by atoms with Crippen molar-refractivity contribution in [2.45, 2.75) is 13.8 Å². The van der Waals surface area contributed by atoms with E-state index in [0.717, 1.165) is 0 Å². The second kappa shape index (κ2) is 6.41. The molecule has 0 atom stereocenters. The molecule has 0 aliphatic rings. The Hall–Kier alpha value is -2.77. The van der Waals surface area contributed by atoms with Crippen molar-refractivity contribution < 1.29 is 24.3 Å². The summed E-state index contributed by atoms with van der Waals surface area (Å²) in [6, 6.07) is 2.96. The number of nitrogens with zero attached hydrogens (tertiary/aromatic N) is 2. The average molecular weight is 280 g/mol. The quantitative estimate of drug-likeness (QED) is 0.331. The van der Waals surface area contributed by atoms with Gasteiger partial charge in [-0.15, -0.1) is 10.1 Å². The Kier molecular flexibility index (Phi) is 4.90. The third-order valence-corrected chi connectivity index (χ3v) is 2.66. The van der Waals surface area contributed by atoms with E-state index in [1.54, 1.807) is 13.8 Å². The lowest BCUT2D eigenvalue weighted by Crippen LogP contribution is -2.33. The summed E-state index contributed by atoms with van der Waals surface area (Å²) in [7, 11) is 0. The Morgan fingerprint density at radius 2 is 2.00 bits per heavy atom. The summed E-state index contributed by atoms with van der Waals surface area (Å²) in [5.74, 6) is -0.736. The van der Waals surface area contributed by atoms with Gasteiger partial charge in [0.05, 0.1) is 0 Å². The van der Waals surface area contributed by atoms with E-state index in [4.69, 9.17) is 0 Å². The zero-order chi connectivity index (χ0) is 15.3. The molecule has 0 heterocycles. The van der Waals surface area contributed by atoms with E-state index < -0.39 is 17.7 Å². The summed E-state index contributed by atoms with van der Waals surface area (Å²) in [5, 5.41) is 8.97. The lowest BCUT2D eigenvalue weighted by molar-refractivity contribution is -0.761. The van der Waals surface area contributed by atoms with Gasteiger partial charge in [-0.2, -0.15) is 0 Å². The van der Waals surface area contributed by atoms with Crippen LogP contribution in [0, 0.1) is 24.0 Å². The zero-order valence-electron chi connectivity index (χ0n) is 10.9.